The molecule has 1 atom stereocenters. The van der Waals surface area contributed by atoms with Crippen LogP contribution in [0, 0.1) is 0 Å². The zero-order valence-electron chi connectivity index (χ0n) is 14.0. The smallest absolute Gasteiger partial charge is 0.408 e. The Morgan fingerprint density at radius 3 is 2.57 bits per heavy atom. The molecule has 1 N–H and O–H groups in total. The summed E-state index contributed by atoms with van der Waals surface area (Å²) in [4.78, 5) is 28.2. The third-order valence-corrected chi connectivity index (χ3v) is 4.10. The van der Waals surface area contributed by atoms with Gasteiger partial charge in [0.25, 0.3) is 0 Å². The summed E-state index contributed by atoms with van der Waals surface area (Å²) in [6, 6.07) is 1.88. The van der Waals surface area contributed by atoms with Gasteiger partial charge in [-0.1, -0.05) is 11.6 Å². The van der Waals surface area contributed by atoms with E-state index in [1.165, 1.54) is 0 Å². The summed E-state index contributed by atoms with van der Waals surface area (Å²) >= 11 is 6.28. The third kappa shape index (κ3) is 4.22. The van der Waals surface area contributed by atoms with Crippen LogP contribution in [0.2, 0.25) is 5.15 Å². The minimum atomic E-state index is -1.28. The van der Waals surface area contributed by atoms with Crippen LogP contribution >= 0.6 is 11.6 Å². The molecule has 1 heterocycles. The number of pyridine rings is 1. The Kier molecular flexibility index (Phi) is 4.99. The van der Waals surface area contributed by atoms with Crippen molar-refractivity contribution in [2.45, 2.75) is 64.5 Å². The number of hydrogen-bond acceptors (Lipinski definition) is 4. The highest BCUT2D eigenvalue weighted by Gasteiger charge is 2.34. The maximum absolute atomic E-state index is 12.1. The number of ether oxygens (including phenoxy) is 1. The fourth-order valence-electron chi connectivity index (χ4n) is 2.65. The molecule has 0 aromatic carbocycles. The first-order valence-corrected chi connectivity index (χ1v) is 8.19. The Bertz CT molecular complexity index is 625. The van der Waals surface area contributed by atoms with E-state index >= 15 is 0 Å². The molecule has 0 bridgehead atoms. The van der Waals surface area contributed by atoms with Crippen molar-refractivity contribution >= 4 is 24.0 Å². The summed E-state index contributed by atoms with van der Waals surface area (Å²) in [5.41, 5.74) is 0.649. The number of alkyl carbamates (subject to hydrolysis) is 1. The number of fused-ring (bicyclic) bond motifs is 1. The minimum Gasteiger partial charge on any atom is -0.444 e. The van der Waals surface area contributed by atoms with E-state index in [1.54, 1.807) is 27.7 Å². The minimum absolute atomic E-state index is 0.247. The highest BCUT2D eigenvalue weighted by molar-refractivity contribution is 6.30. The lowest BCUT2D eigenvalue weighted by Crippen LogP contribution is -2.47. The average molecular weight is 339 g/mol. The van der Waals surface area contributed by atoms with Crippen molar-refractivity contribution in [1.29, 1.82) is 0 Å². The van der Waals surface area contributed by atoms with E-state index in [-0.39, 0.29) is 5.15 Å². The maximum Gasteiger partial charge on any atom is 0.408 e. The first-order valence-electron chi connectivity index (χ1n) is 7.81. The van der Waals surface area contributed by atoms with Crippen LogP contribution in [0.1, 0.15) is 57.4 Å². The van der Waals surface area contributed by atoms with Gasteiger partial charge in [-0.25, -0.2) is 9.78 Å². The van der Waals surface area contributed by atoms with E-state index in [4.69, 9.17) is 16.3 Å². The van der Waals surface area contributed by atoms with Gasteiger partial charge in [0.05, 0.1) is 0 Å². The molecule has 0 radical (unpaired) electrons. The number of aromatic nitrogens is 1. The molecule has 1 unspecified atom stereocenters. The number of nitrogens with zero attached hydrogens (tertiary/aromatic N) is 1. The van der Waals surface area contributed by atoms with E-state index in [9.17, 15) is 9.59 Å². The van der Waals surface area contributed by atoms with E-state index in [2.05, 4.69) is 10.3 Å². The predicted octanol–water partition coefficient (Wildman–Crippen LogP) is 3.55. The molecule has 6 heteroatoms. The quantitative estimate of drug-likeness (QED) is 0.676. The van der Waals surface area contributed by atoms with Gasteiger partial charge < -0.3 is 14.8 Å². The van der Waals surface area contributed by atoms with Crippen LogP contribution in [0.3, 0.4) is 0 Å². The van der Waals surface area contributed by atoms with Gasteiger partial charge in [-0.2, -0.15) is 0 Å². The summed E-state index contributed by atoms with van der Waals surface area (Å²) in [7, 11) is 0. The molecule has 5 nitrogen and oxygen atoms in total. The molecular weight excluding hydrogens is 316 g/mol. The Morgan fingerprint density at radius 1 is 1.30 bits per heavy atom. The summed E-state index contributed by atoms with van der Waals surface area (Å²) in [5.74, 6) is 0. The molecular formula is C17H23ClN2O3. The van der Waals surface area contributed by atoms with E-state index in [0.29, 0.717) is 11.8 Å². The Labute approximate surface area is 141 Å². The number of carbonyl (C=O) groups is 2. The van der Waals surface area contributed by atoms with Gasteiger partial charge in [0.15, 0.2) is 0 Å². The van der Waals surface area contributed by atoms with E-state index in [0.717, 1.165) is 36.9 Å². The zero-order chi connectivity index (χ0) is 17.3. The lowest BCUT2D eigenvalue weighted by atomic mass is 9.89. The van der Waals surface area contributed by atoms with Crippen molar-refractivity contribution in [2.75, 3.05) is 0 Å². The second kappa shape index (κ2) is 6.48. The molecule has 1 amide bonds. The largest absolute Gasteiger partial charge is 0.444 e. The standard InChI is InChI=1S/C17H23ClN2O3/c1-16(2,3)23-15(22)20-17(4,10-21)12-9-11-7-5-6-8-13(11)19-14(12)18/h9-10H,5-8H2,1-4H3,(H,20,22). The molecule has 0 fully saturated rings. The lowest BCUT2D eigenvalue weighted by Gasteiger charge is -2.29. The molecule has 23 heavy (non-hydrogen) atoms. The van der Waals surface area contributed by atoms with Crippen LogP contribution in [0.15, 0.2) is 6.07 Å². The Morgan fingerprint density at radius 2 is 1.96 bits per heavy atom. The molecule has 1 aromatic heterocycles. The molecule has 0 spiro atoms. The second-order valence-corrected chi connectivity index (χ2v) is 7.44. The molecule has 0 saturated carbocycles. The summed E-state index contributed by atoms with van der Waals surface area (Å²) in [6.45, 7) is 6.89. The number of hydrogen-bond donors (Lipinski definition) is 1. The summed E-state index contributed by atoms with van der Waals surface area (Å²) < 4.78 is 5.24. The summed E-state index contributed by atoms with van der Waals surface area (Å²) in [5, 5.41) is 2.86. The molecule has 1 aliphatic carbocycles. The van der Waals surface area contributed by atoms with Gasteiger partial charge in [-0.3, -0.25) is 0 Å². The molecule has 0 saturated heterocycles. The molecule has 2 rings (SSSR count). The number of halogens is 1. The average Bonchev–Trinajstić information content (AvgIpc) is 2.44. The van der Waals surface area contributed by atoms with Crippen molar-refractivity contribution < 1.29 is 14.3 Å². The van der Waals surface area contributed by atoms with Crippen molar-refractivity contribution in [2.24, 2.45) is 0 Å². The topological polar surface area (TPSA) is 68.3 Å². The highest BCUT2D eigenvalue weighted by atomic mass is 35.5. The monoisotopic (exact) mass is 338 g/mol. The van der Waals surface area contributed by atoms with E-state index in [1.807, 2.05) is 6.07 Å². The third-order valence-electron chi connectivity index (χ3n) is 3.81. The Balaban J connectivity index is 2.32. The first kappa shape index (κ1) is 17.7. The van der Waals surface area contributed by atoms with Crippen LogP contribution in [0.4, 0.5) is 4.79 Å². The van der Waals surface area contributed by atoms with Crippen LogP contribution in [0.5, 0.6) is 0 Å². The van der Waals surface area contributed by atoms with Gasteiger partial charge in [0.2, 0.25) is 0 Å². The second-order valence-electron chi connectivity index (χ2n) is 7.09. The van der Waals surface area contributed by atoms with Crippen LogP contribution in [-0.4, -0.2) is 23.0 Å². The molecule has 1 aliphatic rings. The van der Waals surface area contributed by atoms with Crippen molar-refractivity contribution in [3.63, 3.8) is 0 Å². The Hall–Kier alpha value is -1.62. The normalized spacial score (nSPS) is 16.9. The van der Waals surface area contributed by atoms with Crippen LogP contribution < -0.4 is 5.32 Å². The fraction of sp³-hybridized carbons (Fsp3) is 0.588. The number of rotatable bonds is 3. The van der Waals surface area contributed by atoms with Gasteiger partial charge >= 0.3 is 6.09 Å². The van der Waals surface area contributed by atoms with Crippen LogP contribution in [0.25, 0.3) is 0 Å². The van der Waals surface area contributed by atoms with Gasteiger partial charge in [-0.15, -0.1) is 0 Å². The maximum atomic E-state index is 12.1. The van der Waals surface area contributed by atoms with Crippen molar-refractivity contribution in [3.8, 4) is 0 Å². The van der Waals surface area contributed by atoms with Gasteiger partial charge in [-0.05, 0) is 65.0 Å². The molecule has 1 aromatic rings. The number of aryl methyl sites for hydroxylation is 2. The number of aldehydes is 1. The van der Waals surface area contributed by atoms with E-state index < -0.39 is 17.2 Å². The highest BCUT2D eigenvalue weighted by Crippen LogP contribution is 2.31. The molecule has 126 valence electrons. The number of nitrogens with one attached hydrogen (secondary N) is 1. The van der Waals surface area contributed by atoms with Crippen LogP contribution in [-0.2, 0) is 27.9 Å². The molecule has 0 aliphatic heterocycles. The van der Waals surface area contributed by atoms with Crippen molar-refractivity contribution in [3.05, 3.63) is 28.0 Å². The SMILES string of the molecule is CC(C)(C)OC(=O)NC(C)(C=O)c1cc2c(nc1Cl)CCCC2. The van der Waals surface area contributed by atoms with Gasteiger partial charge in [0, 0.05) is 11.3 Å². The number of amides is 1. The predicted molar refractivity (Wildman–Crippen MR) is 88.7 cm³/mol. The fourth-order valence-corrected chi connectivity index (χ4v) is 3.00. The number of carbonyl (C=O) groups excluding carboxylic acids is 2. The zero-order valence-corrected chi connectivity index (χ0v) is 14.8. The van der Waals surface area contributed by atoms with Gasteiger partial charge in [0.1, 0.15) is 22.6 Å². The lowest BCUT2D eigenvalue weighted by molar-refractivity contribution is -0.113. The summed E-state index contributed by atoms with van der Waals surface area (Å²) in [6.07, 6.45) is 3.99. The first-order chi connectivity index (χ1) is 10.6. The van der Waals surface area contributed by atoms with Crippen molar-refractivity contribution in [1.82, 2.24) is 10.3 Å².